The fourth-order valence-electron chi connectivity index (χ4n) is 12.3. The number of piperidine rings is 3. The number of hydrogen-bond donors (Lipinski definition) is 0. The number of aromatic nitrogens is 2. The van der Waals surface area contributed by atoms with Crippen molar-refractivity contribution in [2.75, 3.05) is 66.0 Å². The van der Waals surface area contributed by atoms with E-state index in [-0.39, 0.29) is 29.7 Å². The molecule has 6 aliphatic rings. The first kappa shape index (κ1) is 58.2. The lowest BCUT2D eigenvalue weighted by molar-refractivity contribution is 0.0966. The van der Waals surface area contributed by atoms with E-state index >= 15 is 0 Å². The number of rotatable bonds is 13. The summed E-state index contributed by atoms with van der Waals surface area (Å²) in [5, 5.41) is 0. The number of hydrogen-bond acceptors (Lipinski definition) is 9. The number of fused-ring (bicyclic) bond motifs is 3. The highest BCUT2D eigenvalue weighted by atomic mass is 19.1. The van der Waals surface area contributed by atoms with E-state index in [1.165, 1.54) is 47.2 Å². The molecule has 0 saturated carbocycles. The Balaban J connectivity index is 0.000000149. The Labute approximate surface area is 463 Å². The highest BCUT2D eigenvalue weighted by molar-refractivity contribution is 5.42. The Morgan fingerprint density at radius 2 is 0.795 bits per heavy atom. The summed E-state index contributed by atoms with van der Waals surface area (Å²) in [6.45, 7) is 17.3. The van der Waals surface area contributed by atoms with Gasteiger partial charge in [-0.15, -0.1) is 0 Å². The molecule has 0 amide bonds. The smallest absolute Gasteiger partial charge is 0.127 e. The second-order valence-electron chi connectivity index (χ2n) is 21.1. The van der Waals surface area contributed by atoms with Gasteiger partial charge in [0.05, 0.1) is 7.11 Å². The number of aryl methyl sites for hydroxylation is 3. The van der Waals surface area contributed by atoms with Gasteiger partial charge in [0.25, 0.3) is 0 Å². The van der Waals surface area contributed by atoms with Crippen molar-refractivity contribution < 1.29 is 32.1 Å². The van der Waals surface area contributed by atoms with Gasteiger partial charge in [-0.1, -0.05) is 58.0 Å². The van der Waals surface area contributed by atoms with E-state index < -0.39 is 0 Å². The van der Waals surface area contributed by atoms with Crippen LogP contribution in [-0.4, -0.2) is 109 Å². The molecule has 3 aliphatic carbocycles. The number of halogens is 3. The molecule has 3 fully saturated rings. The quantitative estimate of drug-likeness (QED) is 0.112. The average molecular weight is 1070 g/mol. The van der Waals surface area contributed by atoms with Crippen LogP contribution in [-0.2, 0) is 19.3 Å². The number of pyridine rings is 2. The minimum absolute atomic E-state index is 0.0223. The first-order valence-corrected chi connectivity index (χ1v) is 29.2. The predicted molar refractivity (Wildman–Crippen MR) is 307 cm³/mol. The van der Waals surface area contributed by atoms with Crippen LogP contribution in [0.2, 0.25) is 0 Å². The Bertz CT molecular complexity index is 2690. The van der Waals surface area contributed by atoms with Crippen molar-refractivity contribution in [2.45, 2.75) is 141 Å². The fraction of sp³-hybridized carbons (Fsp3) is 0.485. The Hall–Kier alpha value is -5.95. The zero-order chi connectivity index (χ0) is 54.6. The molecule has 0 radical (unpaired) electrons. The maximum Gasteiger partial charge on any atom is 0.127 e. The van der Waals surface area contributed by atoms with Gasteiger partial charge in [0.15, 0.2) is 0 Å². The van der Waals surface area contributed by atoms with E-state index in [1.807, 2.05) is 64.1 Å². The van der Waals surface area contributed by atoms with Crippen LogP contribution in [0.5, 0.6) is 23.0 Å². The standard InChI is InChI=1S/C21H23F2NO.C21H26N2O2.C20H23FN2O.2C2H6/c22-17-6-8-18(9-7-17)25-19-10-12-24(13-11-19)14-16-5-4-15-2-1-3-20(23)21(15)16;1-24-20-5-4-16-2-3-17(21(16)14-20)15-23-12-8-19(9-13-23)25-18-6-10-22-11-7-18;21-19-3-1-2-15-4-5-16(20(15)19)14-23-12-8-18(9-13-23)24-17-6-10-22-11-7-17;2*1-2/h1-3,6-9,16,19H,4-5,10-14H2;4-7,10-11,14,17,19H,2-3,8-9,12-13,15H2,1H3;1-3,6-7,10-11,16,18H,4-5,8-9,12-14H2;2*1-2H3. The normalized spacial score (nSPS) is 20.4. The summed E-state index contributed by atoms with van der Waals surface area (Å²) in [7, 11) is 1.75. The molecule has 0 bridgehead atoms. The molecule has 0 N–H and O–H groups in total. The molecule has 3 unspecified atom stereocenters. The third kappa shape index (κ3) is 16.1. The van der Waals surface area contributed by atoms with Gasteiger partial charge in [0.2, 0.25) is 0 Å². The molecule has 12 rings (SSSR count). The summed E-state index contributed by atoms with van der Waals surface area (Å²) in [6.07, 6.45) is 20.6. The Kier molecular flexibility index (Phi) is 22.3. The first-order valence-electron chi connectivity index (χ1n) is 29.2. The zero-order valence-electron chi connectivity index (χ0n) is 46.9. The fourth-order valence-corrected chi connectivity index (χ4v) is 12.3. The molecule has 418 valence electrons. The van der Waals surface area contributed by atoms with Crippen LogP contribution in [0.15, 0.2) is 128 Å². The van der Waals surface area contributed by atoms with Crippen molar-refractivity contribution in [1.82, 2.24) is 24.7 Å². The van der Waals surface area contributed by atoms with Crippen LogP contribution >= 0.6 is 0 Å². The number of benzene rings is 4. The van der Waals surface area contributed by atoms with Gasteiger partial charge in [-0.3, -0.25) is 9.97 Å². The lowest BCUT2D eigenvalue weighted by Gasteiger charge is -2.33. The lowest BCUT2D eigenvalue weighted by atomic mass is 9.98. The van der Waals surface area contributed by atoms with Gasteiger partial charge in [-0.05, 0) is 189 Å². The number of methoxy groups -OCH3 is 1. The molecule has 12 heteroatoms. The minimum Gasteiger partial charge on any atom is -0.497 e. The van der Waals surface area contributed by atoms with E-state index in [1.54, 1.807) is 56.2 Å². The monoisotopic (exact) mass is 1070 g/mol. The SMILES string of the molecule is CC.CC.COc1ccc2c(c1)C(CN1CCC(Oc3ccncc3)CC1)CC2.Fc1ccc(OC2CCN(CC3CCc4cccc(F)c43)CC2)cc1.Fc1cccc2c1C(CN1CCC(Oc3ccncc3)CC1)CC2. The maximum absolute atomic E-state index is 14.2. The van der Waals surface area contributed by atoms with Crippen LogP contribution in [0.1, 0.15) is 137 Å². The van der Waals surface area contributed by atoms with Crippen LogP contribution in [0.3, 0.4) is 0 Å². The summed E-state index contributed by atoms with van der Waals surface area (Å²) in [4.78, 5) is 15.6. The Morgan fingerprint density at radius 1 is 0.423 bits per heavy atom. The average Bonchev–Trinajstić information content (AvgIpc) is 4.28. The van der Waals surface area contributed by atoms with E-state index in [0.717, 1.165) is 157 Å². The second kappa shape index (κ2) is 29.9. The largest absolute Gasteiger partial charge is 0.497 e. The molecule has 4 aromatic carbocycles. The summed E-state index contributed by atoms with van der Waals surface area (Å²) >= 11 is 0. The molecule has 5 heterocycles. The van der Waals surface area contributed by atoms with Crippen molar-refractivity contribution in [3.05, 3.63) is 179 Å². The molecular formula is C66H84F3N5O4. The van der Waals surface area contributed by atoms with Crippen LogP contribution in [0.25, 0.3) is 0 Å². The van der Waals surface area contributed by atoms with Crippen molar-refractivity contribution in [2.24, 2.45) is 0 Å². The number of ether oxygens (including phenoxy) is 4. The highest BCUT2D eigenvalue weighted by Crippen LogP contribution is 2.39. The molecule has 6 aromatic rings. The summed E-state index contributed by atoms with van der Waals surface area (Å²) in [6, 6.07) is 31.4. The van der Waals surface area contributed by atoms with Crippen LogP contribution in [0, 0.1) is 17.5 Å². The van der Waals surface area contributed by atoms with Gasteiger partial charge in [-0.2, -0.15) is 0 Å². The topological polar surface area (TPSA) is 72.4 Å². The van der Waals surface area contributed by atoms with Crippen molar-refractivity contribution in [1.29, 1.82) is 0 Å². The van der Waals surface area contributed by atoms with Gasteiger partial charge in [0, 0.05) is 95.5 Å². The maximum atomic E-state index is 14.2. The molecule has 9 nitrogen and oxygen atoms in total. The van der Waals surface area contributed by atoms with Crippen molar-refractivity contribution in [3.63, 3.8) is 0 Å². The number of nitrogens with zero attached hydrogens (tertiary/aromatic N) is 5. The van der Waals surface area contributed by atoms with E-state index in [9.17, 15) is 13.2 Å². The van der Waals surface area contributed by atoms with E-state index in [2.05, 4.69) is 55.0 Å². The van der Waals surface area contributed by atoms with Crippen LogP contribution in [0.4, 0.5) is 13.2 Å². The molecule has 3 saturated heterocycles. The van der Waals surface area contributed by atoms with Gasteiger partial charge in [-0.25, -0.2) is 13.2 Å². The molecule has 0 spiro atoms. The van der Waals surface area contributed by atoms with Crippen LogP contribution < -0.4 is 18.9 Å². The van der Waals surface area contributed by atoms with Gasteiger partial charge >= 0.3 is 0 Å². The molecular weight excluding hydrogens is 984 g/mol. The Morgan fingerprint density at radius 3 is 1.22 bits per heavy atom. The molecule has 78 heavy (non-hydrogen) atoms. The zero-order valence-corrected chi connectivity index (χ0v) is 46.9. The van der Waals surface area contributed by atoms with E-state index in [0.29, 0.717) is 23.9 Å². The van der Waals surface area contributed by atoms with Crippen molar-refractivity contribution in [3.8, 4) is 23.0 Å². The third-order valence-electron chi connectivity index (χ3n) is 16.2. The highest BCUT2D eigenvalue weighted by Gasteiger charge is 2.32. The molecule has 3 aliphatic heterocycles. The second-order valence-corrected chi connectivity index (χ2v) is 21.1. The summed E-state index contributed by atoms with van der Waals surface area (Å²) in [5.74, 6) is 4.53. The summed E-state index contributed by atoms with van der Waals surface area (Å²) < 4.78 is 64.7. The molecule has 3 atom stereocenters. The first-order chi connectivity index (χ1) is 38.3. The summed E-state index contributed by atoms with van der Waals surface area (Å²) in [5.41, 5.74) is 7.28. The van der Waals surface area contributed by atoms with Crippen molar-refractivity contribution >= 4 is 0 Å². The van der Waals surface area contributed by atoms with E-state index in [4.69, 9.17) is 18.9 Å². The number of likely N-dealkylation sites (tertiary alicyclic amines) is 3. The third-order valence-corrected chi connectivity index (χ3v) is 16.2. The molecule has 2 aromatic heterocycles. The lowest BCUT2D eigenvalue weighted by Crippen LogP contribution is -2.40. The minimum atomic E-state index is -0.244. The van der Waals surface area contributed by atoms with Gasteiger partial charge < -0.3 is 33.6 Å². The predicted octanol–water partition coefficient (Wildman–Crippen LogP) is 14.0. The van der Waals surface area contributed by atoms with Gasteiger partial charge in [0.1, 0.15) is 58.8 Å².